The van der Waals surface area contributed by atoms with Crippen molar-refractivity contribution in [1.29, 1.82) is 0 Å². The molecule has 0 unspecified atom stereocenters. The first-order chi connectivity index (χ1) is 8.80. The maximum Gasteiger partial charge on any atom is 0.574 e. The zero-order valence-corrected chi connectivity index (χ0v) is 9.95. The molecule has 1 aromatic rings. The van der Waals surface area contributed by atoms with Crippen LogP contribution in [0.5, 0.6) is 5.88 Å². The van der Waals surface area contributed by atoms with Gasteiger partial charge in [0.2, 0.25) is 5.88 Å². The Hall–Kier alpha value is -2.03. The Morgan fingerprint density at radius 2 is 2.11 bits per heavy atom. The Morgan fingerprint density at radius 1 is 1.47 bits per heavy atom. The number of rotatable bonds is 4. The van der Waals surface area contributed by atoms with Crippen molar-refractivity contribution >= 4 is 11.7 Å². The van der Waals surface area contributed by atoms with Crippen LogP contribution in [0.4, 0.5) is 18.9 Å². The minimum atomic E-state index is -4.92. The van der Waals surface area contributed by atoms with Crippen LogP contribution in [0.15, 0.2) is 6.20 Å². The molecule has 1 heterocycles. The summed E-state index contributed by atoms with van der Waals surface area (Å²) in [5.74, 6) is -1.57. The lowest BCUT2D eigenvalue weighted by Crippen LogP contribution is -2.21. The zero-order chi connectivity index (χ0) is 14.6. The van der Waals surface area contributed by atoms with E-state index in [4.69, 9.17) is 11.5 Å². The van der Waals surface area contributed by atoms with E-state index in [1.54, 1.807) is 6.92 Å². The van der Waals surface area contributed by atoms with Gasteiger partial charge in [0.1, 0.15) is 5.56 Å². The summed E-state index contributed by atoms with van der Waals surface area (Å²) in [7, 11) is 0. The van der Waals surface area contributed by atoms with Crippen LogP contribution in [0.1, 0.15) is 22.8 Å². The fourth-order valence-corrected chi connectivity index (χ4v) is 1.31. The van der Waals surface area contributed by atoms with E-state index >= 15 is 0 Å². The Morgan fingerprint density at radius 3 is 2.58 bits per heavy atom. The highest BCUT2D eigenvalue weighted by molar-refractivity contribution is 5.95. The number of nitrogens with zero attached hydrogens (tertiary/aromatic N) is 1. The summed E-state index contributed by atoms with van der Waals surface area (Å²) in [6.07, 6.45) is -4.07. The number of esters is 1. The van der Waals surface area contributed by atoms with Gasteiger partial charge < -0.3 is 20.9 Å². The van der Waals surface area contributed by atoms with Gasteiger partial charge in [-0.2, -0.15) is 0 Å². The van der Waals surface area contributed by atoms with Gasteiger partial charge in [0.15, 0.2) is 0 Å². The Balaban J connectivity index is 3.19. The standard InChI is InChI=1S/C10H12F3N3O3/c1-2-18-9(17)6-4-16-8(19-10(11,12)13)5(3-14)7(6)15/h4H,2-3,14H2,1H3,(H2,15,16). The molecular weight excluding hydrogens is 267 g/mol. The molecule has 0 saturated carbocycles. The molecule has 6 nitrogen and oxygen atoms in total. The highest BCUT2D eigenvalue weighted by atomic mass is 19.4. The van der Waals surface area contributed by atoms with E-state index in [0.29, 0.717) is 0 Å². The smallest absolute Gasteiger partial charge is 0.462 e. The van der Waals surface area contributed by atoms with Gasteiger partial charge in [0.25, 0.3) is 0 Å². The topological polar surface area (TPSA) is 100 Å². The molecule has 1 aromatic heterocycles. The summed E-state index contributed by atoms with van der Waals surface area (Å²) >= 11 is 0. The van der Waals surface area contributed by atoms with Crippen molar-refractivity contribution in [2.45, 2.75) is 19.8 Å². The molecular formula is C10H12F3N3O3. The van der Waals surface area contributed by atoms with Crippen LogP contribution < -0.4 is 16.2 Å². The average Bonchev–Trinajstić information content (AvgIpc) is 2.27. The first kappa shape index (κ1) is 15.0. The van der Waals surface area contributed by atoms with E-state index < -0.39 is 18.2 Å². The predicted octanol–water partition coefficient (Wildman–Crippen LogP) is 1.20. The quantitative estimate of drug-likeness (QED) is 0.803. The number of ether oxygens (including phenoxy) is 2. The molecule has 0 bridgehead atoms. The number of pyridine rings is 1. The van der Waals surface area contributed by atoms with Crippen molar-refractivity contribution < 1.29 is 27.4 Å². The first-order valence-electron chi connectivity index (χ1n) is 5.20. The highest BCUT2D eigenvalue weighted by Gasteiger charge is 2.33. The van der Waals surface area contributed by atoms with Crippen LogP contribution in [0, 0.1) is 0 Å². The van der Waals surface area contributed by atoms with Gasteiger partial charge in [-0.3, -0.25) is 0 Å². The van der Waals surface area contributed by atoms with Crippen molar-refractivity contribution in [2.24, 2.45) is 5.73 Å². The fourth-order valence-electron chi connectivity index (χ4n) is 1.31. The minimum Gasteiger partial charge on any atom is -0.462 e. The van der Waals surface area contributed by atoms with Gasteiger partial charge in [-0.1, -0.05) is 0 Å². The number of alkyl halides is 3. The Kier molecular flexibility index (Phi) is 4.54. The maximum absolute atomic E-state index is 12.1. The van der Waals surface area contributed by atoms with Crippen LogP contribution in [-0.4, -0.2) is 23.9 Å². The molecule has 0 aliphatic rings. The summed E-state index contributed by atoms with van der Waals surface area (Å²) in [6, 6.07) is 0. The number of carbonyl (C=O) groups excluding carboxylic acids is 1. The van der Waals surface area contributed by atoms with Gasteiger partial charge >= 0.3 is 12.3 Å². The molecule has 0 spiro atoms. The normalized spacial score (nSPS) is 11.2. The Bertz CT molecular complexity index is 477. The number of halogens is 3. The van der Waals surface area contributed by atoms with E-state index in [2.05, 4.69) is 14.5 Å². The third-order valence-corrected chi connectivity index (χ3v) is 2.10. The van der Waals surface area contributed by atoms with Crippen molar-refractivity contribution in [2.75, 3.05) is 12.3 Å². The number of carbonyl (C=O) groups is 1. The summed E-state index contributed by atoms with van der Waals surface area (Å²) in [5, 5.41) is 0. The molecule has 0 atom stereocenters. The number of anilines is 1. The SMILES string of the molecule is CCOC(=O)c1cnc(OC(F)(F)F)c(CN)c1N. The van der Waals surface area contributed by atoms with Crippen LogP contribution in [0.3, 0.4) is 0 Å². The third-order valence-electron chi connectivity index (χ3n) is 2.10. The van der Waals surface area contributed by atoms with Gasteiger partial charge in [0, 0.05) is 12.7 Å². The first-order valence-corrected chi connectivity index (χ1v) is 5.20. The molecule has 19 heavy (non-hydrogen) atoms. The average molecular weight is 279 g/mol. The summed E-state index contributed by atoms with van der Waals surface area (Å²) in [6.45, 7) is 1.31. The van der Waals surface area contributed by atoms with Gasteiger partial charge in [-0.25, -0.2) is 9.78 Å². The van der Waals surface area contributed by atoms with E-state index in [9.17, 15) is 18.0 Å². The van der Waals surface area contributed by atoms with Crippen molar-refractivity contribution in [3.05, 3.63) is 17.3 Å². The predicted molar refractivity (Wildman–Crippen MR) is 59.2 cm³/mol. The number of aromatic nitrogens is 1. The monoisotopic (exact) mass is 279 g/mol. The lowest BCUT2D eigenvalue weighted by molar-refractivity contribution is -0.276. The molecule has 0 radical (unpaired) electrons. The fraction of sp³-hybridized carbons (Fsp3) is 0.400. The van der Waals surface area contributed by atoms with Gasteiger partial charge in [-0.05, 0) is 6.92 Å². The maximum atomic E-state index is 12.1. The van der Waals surface area contributed by atoms with Crippen LogP contribution in [-0.2, 0) is 11.3 Å². The number of hydrogen-bond acceptors (Lipinski definition) is 6. The molecule has 106 valence electrons. The second kappa shape index (κ2) is 5.74. The Labute approximate surface area is 106 Å². The zero-order valence-electron chi connectivity index (χ0n) is 9.95. The molecule has 9 heteroatoms. The molecule has 0 saturated heterocycles. The lowest BCUT2D eigenvalue weighted by Gasteiger charge is -2.14. The van der Waals surface area contributed by atoms with Crippen LogP contribution >= 0.6 is 0 Å². The van der Waals surface area contributed by atoms with Crippen molar-refractivity contribution in [1.82, 2.24) is 4.98 Å². The lowest BCUT2D eigenvalue weighted by atomic mass is 10.1. The molecule has 0 aliphatic heterocycles. The number of nitrogen functional groups attached to an aromatic ring is 1. The molecule has 0 aliphatic carbocycles. The van der Waals surface area contributed by atoms with Gasteiger partial charge in [-0.15, -0.1) is 13.2 Å². The molecule has 0 amide bonds. The van der Waals surface area contributed by atoms with Crippen molar-refractivity contribution in [3.8, 4) is 5.88 Å². The molecule has 1 rings (SSSR count). The van der Waals surface area contributed by atoms with Crippen LogP contribution in [0.25, 0.3) is 0 Å². The second-order valence-corrected chi connectivity index (χ2v) is 3.34. The molecule has 4 N–H and O–H groups in total. The summed E-state index contributed by atoms with van der Waals surface area (Å²) in [4.78, 5) is 14.9. The van der Waals surface area contributed by atoms with Crippen molar-refractivity contribution in [3.63, 3.8) is 0 Å². The highest BCUT2D eigenvalue weighted by Crippen LogP contribution is 2.29. The number of hydrogen-bond donors (Lipinski definition) is 2. The van der Waals surface area contributed by atoms with Crippen LogP contribution in [0.2, 0.25) is 0 Å². The minimum absolute atomic E-state index is 0.0943. The van der Waals surface area contributed by atoms with Gasteiger partial charge in [0.05, 0.1) is 17.9 Å². The van der Waals surface area contributed by atoms with E-state index in [0.717, 1.165) is 6.20 Å². The number of nitrogens with two attached hydrogens (primary N) is 2. The van der Waals surface area contributed by atoms with E-state index in [1.807, 2.05) is 0 Å². The van der Waals surface area contributed by atoms with E-state index in [1.165, 1.54) is 0 Å². The third kappa shape index (κ3) is 3.71. The summed E-state index contributed by atoms with van der Waals surface area (Å²) in [5.41, 5.74) is 10.3. The summed E-state index contributed by atoms with van der Waals surface area (Å²) < 4.78 is 44.8. The second-order valence-electron chi connectivity index (χ2n) is 3.34. The molecule has 0 fully saturated rings. The molecule has 0 aromatic carbocycles. The largest absolute Gasteiger partial charge is 0.574 e. The van der Waals surface area contributed by atoms with E-state index in [-0.39, 0.29) is 30.0 Å².